The van der Waals surface area contributed by atoms with E-state index in [0.29, 0.717) is 5.69 Å². The van der Waals surface area contributed by atoms with Crippen LogP contribution < -0.4 is 4.74 Å². The molecule has 92 valence electrons. The van der Waals surface area contributed by atoms with Gasteiger partial charge >= 0.3 is 5.97 Å². The van der Waals surface area contributed by atoms with Crippen molar-refractivity contribution in [1.82, 2.24) is 4.98 Å². The standard InChI is InChI=1S/C10H11NO5S/c1-16-9-4-6(10(12)13)7-5-17(14,15)3-2-8(7)11-9/h4H,2-3,5H2,1H3,(H,12,13). The number of hydrogen-bond acceptors (Lipinski definition) is 5. The summed E-state index contributed by atoms with van der Waals surface area (Å²) in [5.74, 6) is -1.24. The van der Waals surface area contributed by atoms with Crippen LogP contribution in [0.2, 0.25) is 0 Å². The topological polar surface area (TPSA) is 93.6 Å². The third kappa shape index (κ3) is 2.23. The number of carboxylic acids is 1. The molecule has 1 aliphatic heterocycles. The zero-order valence-electron chi connectivity index (χ0n) is 9.13. The first kappa shape index (κ1) is 11.8. The van der Waals surface area contributed by atoms with Crippen LogP contribution >= 0.6 is 0 Å². The van der Waals surface area contributed by atoms with Gasteiger partial charge in [-0.25, -0.2) is 18.2 Å². The minimum absolute atomic E-state index is 0.000767. The molecule has 2 heterocycles. The van der Waals surface area contributed by atoms with Gasteiger partial charge in [0.05, 0.1) is 29.9 Å². The molecule has 17 heavy (non-hydrogen) atoms. The number of nitrogens with zero attached hydrogens (tertiary/aromatic N) is 1. The van der Waals surface area contributed by atoms with E-state index < -0.39 is 15.8 Å². The van der Waals surface area contributed by atoms with Gasteiger partial charge in [0.1, 0.15) is 0 Å². The highest BCUT2D eigenvalue weighted by molar-refractivity contribution is 7.90. The molecule has 1 N–H and O–H groups in total. The van der Waals surface area contributed by atoms with E-state index in [9.17, 15) is 13.2 Å². The van der Waals surface area contributed by atoms with Gasteiger partial charge < -0.3 is 9.84 Å². The molecule has 0 atom stereocenters. The van der Waals surface area contributed by atoms with E-state index in [2.05, 4.69) is 4.98 Å². The van der Waals surface area contributed by atoms with Gasteiger partial charge in [0.2, 0.25) is 5.88 Å². The van der Waals surface area contributed by atoms with Gasteiger partial charge in [-0.05, 0) is 0 Å². The Balaban J connectivity index is 2.63. The van der Waals surface area contributed by atoms with E-state index >= 15 is 0 Å². The second-order valence-corrected chi connectivity index (χ2v) is 5.97. The van der Waals surface area contributed by atoms with Gasteiger partial charge in [-0.1, -0.05) is 0 Å². The highest BCUT2D eigenvalue weighted by Gasteiger charge is 2.27. The first-order chi connectivity index (χ1) is 7.93. The molecular formula is C10H11NO5S. The maximum absolute atomic E-state index is 11.5. The highest BCUT2D eigenvalue weighted by atomic mass is 32.2. The second kappa shape index (κ2) is 3.99. The van der Waals surface area contributed by atoms with Crippen molar-refractivity contribution in [2.24, 2.45) is 0 Å². The van der Waals surface area contributed by atoms with Crippen molar-refractivity contribution in [3.8, 4) is 5.88 Å². The van der Waals surface area contributed by atoms with E-state index in [1.165, 1.54) is 13.2 Å². The van der Waals surface area contributed by atoms with Crippen LogP contribution in [0.15, 0.2) is 6.07 Å². The number of carboxylic acid groups (broad SMARTS) is 1. The molecule has 0 aliphatic carbocycles. The number of aromatic carboxylic acids is 1. The molecule has 1 aromatic rings. The van der Waals surface area contributed by atoms with Gasteiger partial charge in [0.15, 0.2) is 9.84 Å². The lowest BCUT2D eigenvalue weighted by atomic mass is 10.1. The average molecular weight is 257 g/mol. The van der Waals surface area contributed by atoms with Gasteiger partial charge in [-0.3, -0.25) is 0 Å². The summed E-state index contributed by atoms with van der Waals surface area (Å²) in [6.07, 6.45) is 0.231. The summed E-state index contributed by atoms with van der Waals surface area (Å²) in [5, 5.41) is 9.05. The molecule has 0 unspecified atom stereocenters. The molecule has 0 amide bonds. The van der Waals surface area contributed by atoms with E-state index in [0.717, 1.165) is 0 Å². The fourth-order valence-corrected chi connectivity index (χ4v) is 3.22. The Morgan fingerprint density at radius 2 is 2.24 bits per heavy atom. The van der Waals surface area contributed by atoms with Crippen LogP contribution in [-0.4, -0.2) is 37.3 Å². The Labute approximate surface area is 98.2 Å². The first-order valence-corrected chi connectivity index (χ1v) is 6.75. The summed E-state index contributed by atoms with van der Waals surface area (Å²) in [7, 11) is -1.83. The number of hydrogen-bond donors (Lipinski definition) is 1. The van der Waals surface area contributed by atoms with Crippen LogP contribution in [0.5, 0.6) is 5.88 Å². The summed E-state index contributed by atoms with van der Waals surface area (Å²) in [5.41, 5.74) is 0.733. The summed E-state index contributed by atoms with van der Waals surface area (Å²) in [4.78, 5) is 15.2. The lowest BCUT2D eigenvalue weighted by Crippen LogP contribution is -2.23. The van der Waals surface area contributed by atoms with E-state index in [1.54, 1.807) is 0 Å². The third-order valence-electron chi connectivity index (χ3n) is 2.64. The fraction of sp³-hybridized carbons (Fsp3) is 0.400. The van der Waals surface area contributed by atoms with Crippen molar-refractivity contribution in [3.05, 3.63) is 22.9 Å². The predicted octanol–water partition coefficient (Wildman–Crippen LogP) is 0.259. The SMILES string of the molecule is COc1cc(C(=O)O)c2c(n1)CCS(=O)(=O)C2. The second-order valence-electron chi connectivity index (χ2n) is 3.78. The number of aromatic nitrogens is 1. The van der Waals surface area contributed by atoms with Crippen LogP contribution in [-0.2, 0) is 22.0 Å². The zero-order chi connectivity index (χ0) is 12.6. The maximum atomic E-state index is 11.5. The van der Waals surface area contributed by atoms with Gasteiger partial charge in [0.25, 0.3) is 0 Å². The van der Waals surface area contributed by atoms with Crippen molar-refractivity contribution in [3.63, 3.8) is 0 Å². The molecule has 7 heteroatoms. The van der Waals surface area contributed by atoms with Crippen LogP contribution in [0.3, 0.4) is 0 Å². The summed E-state index contributed by atoms with van der Waals surface area (Å²) < 4.78 is 27.9. The molecule has 1 aromatic heterocycles. The molecule has 0 radical (unpaired) electrons. The van der Waals surface area contributed by atoms with Crippen molar-refractivity contribution in [1.29, 1.82) is 0 Å². The van der Waals surface area contributed by atoms with Gasteiger partial charge in [0, 0.05) is 18.1 Å². The zero-order valence-corrected chi connectivity index (χ0v) is 9.95. The first-order valence-electron chi connectivity index (χ1n) is 4.93. The van der Waals surface area contributed by atoms with Crippen molar-refractivity contribution in [2.75, 3.05) is 12.9 Å². The summed E-state index contributed by atoms with van der Waals surface area (Å²) in [6, 6.07) is 1.25. The quantitative estimate of drug-likeness (QED) is 0.816. The minimum Gasteiger partial charge on any atom is -0.481 e. The molecule has 0 spiro atoms. The van der Waals surface area contributed by atoms with Crippen molar-refractivity contribution >= 4 is 15.8 Å². The smallest absolute Gasteiger partial charge is 0.336 e. The molecule has 0 fully saturated rings. The van der Waals surface area contributed by atoms with Crippen LogP contribution in [0.4, 0.5) is 0 Å². The number of ether oxygens (including phenoxy) is 1. The average Bonchev–Trinajstić information content (AvgIpc) is 2.26. The number of sulfone groups is 1. The molecule has 2 rings (SSSR count). The van der Waals surface area contributed by atoms with Crippen LogP contribution in [0, 0.1) is 0 Å². The van der Waals surface area contributed by atoms with Crippen molar-refractivity contribution in [2.45, 2.75) is 12.2 Å². The number of pyridine rings is 1. The lowest BCUT2D eigenvalue weighted by molar-refractivity contribution is 0.0695. The number of aryl methyl sites for hydroxylation is 1. The monoisotopic (exact) mass is 257 g/mol. The number of methoxy groups -OCH3 is 1. The molecule has 0 saturated heterocycles. The van der Waals surface area contributed by atoms with Crippen LogP contribution in [0.1, 0.15) is 21.6 Å². The fourth-order valence-electron chi connectivity index (χ4n) is 1.81. The number of rotatable bonds is 2. The molecular weight excluding hydrogens is 246 g/mol. The van der Waals surface area contributed by atoms with E-state index in [4.69, 9.17) is 9.84 Å². The Bertz CT molecular complexity index is 579. The largest absolute Gasteiger partial charge is 0.481 e. The predicted molar refractivity (Wildman–Crippen MR) is 58.9 cm³/mol. The lowest BCUT2D eigenvalue weighted by Gasteiger charge is -2.18. The number of fused-ring (bicyclic) bond motifs is 1. The molecule has 0 saturated carbocycles. The minimum atomic E-state index is -3.22. The molecule has 0 bridgehead atoms. The third-order valence-corrected chi connectivity index (χ3v) is 4.19. The Hall–Kier alpha value is -1.63. The van der Waals surface area contributed by atoms with Crippen molar-refractivity contribution < 1.29 is 23.1 Å². The molecule has 1 aliphatic rings. The van der Waals surface area contributed by atoms with Gasteiger partial charge in [-0.15, -0.1) is 0 Å². The van der Waals surface area contributed by atoms with Crippen LogP contribution in [0.25, 0.3) is 0 Å². The maximum Gasteiger partial charge on any atom is 0.336 e. The Morgan fingerprint density at radius 1 is 1.53 bits per heavy atom. The Kier molecular flexibility index (Phi) is 2.78. The van der Waals surface area contributed by atoms with E-state index in [1.807, 2.05) is 0 Å². The van der Waals surface area contributed by atoms with Gasteiger partial charge in [-0.2, -0.15) is 0 Å². The Morgan fingerprint density at radius 3 is 2.82 bits per heavy atom. The summed E-state index contributed by atoms with van der Waals surface area (Å²) >= 11 is 0. The van der Waals surface area contributed by atoms with E-state index in [-0.39, 0.29) is 34.9 Å². The summed E-state index contributed by atoms with van der Waals surface area (Å²) in [6.45, 7) is 0. The normalized spacial score (nSPS) is 17.2. The highest BCUT2D eigenvalue weighted by Crippen LogP contribution is 2.26. The molecule has 6 nitrogen and oxygen atoms in total. The molecule has 0 aromatic carbocycles. The number of carbonyl (C=O) groups is 1.